The first kappa shape index (κ1) is 27.6. The molecule has 0 aliphatic heterocycles. The summed E-state index contributed by atoms with van der Waals surface area (Å²) in [6.45, 7) is 7.61. The number of hydrogen-bond donors (Lipinski definition) is 0. The van der Waals surface area contributed by atoms with Gasteiger partial charge in [0.2, 0.25) is 0 Å². The molecule has 0 aliphatic carbocycles. The second-order valence-electron chi connectivity index (χ2n) is 11.1. The quantitative estimate of drug-likeness (QED) is 0.183. The minimum atomic E-state index is 0.527. The smallest absolute Gasteiger partial charge is 0.187 e. The van der Waals surface area contributed by atoms with Crippen molar-refractivity contribution in [2.75, 3.05) is 0 Å². The van der Waals surface area contributed by atoms with Crippen molar-refractivity contribution < 1.29 is 4.42 Å². The van der Waals surface area contributed by atoms with Crippen LogP contribution in [0.15, 0.2) is 144 Å². The fourth-order valence-corrected chi connectivity index (χ4v) is 5.94. The number of fused-ring (bicyclic) bond motifs is 3. The van der Waals surface area contributed by atoms with Gasteiger partial charge in [-0.25, -0.2) is 19.8 Å². The van der Waals surface area contributed by atoms with Crippen molar-refractivity contribution in [1.82, 2.24) is 15.0 Å². The van der Waals surface area contributed by atoms with E-state index >= 15 is 0 Å². The topological polar surface area (TPSA) is 80.0 Å². The lowest BCUT2D eigenvalue weighted by atomic mass is 9.94. The van der Waals surface area contributed by atoms with Crippen LogP contribution < -0.4 is 0 Å². The molecule has 0 fully saturated rings. The van der Waals surface area contributed by atoms with Gasteiger partial charge in [0.25, 0.3) is 0 Å². The van der Waals surface area contributed by atoms with Crippen molar-refractivity contribution >= 4 is 27.6 Å². The molecule has 0 unspecified atom stereocenters. The highest BCUT2D eigenvalue weighted by atomic mass is 16.3. The van der Waals surface area contributed by atoms with Crippen LogP contribution in [0.2, 0.25) is 0 Å². The average molecular weight is 602 g/mol. The van der Waals surface area contributed by atoms with E-state index in [-0.39, 0.29) is 0 Å². The van der Waals surface area contributed by atoms with E-state index in [1.165, 1.54) is 0 Å². The highest BCUT2D eigenvalue weighted by Crippen LogP contribution is 2.43. The molecule has 0 spiro atoms. The van der Waals surface area contributed by atoms with E-state index in [4.69, 9.17) is 25.9 Å². The number of furan rings is 1. The Morgan fingerprint density at radius 2 is 1.19 bits per heavy atom. The second kappa shape index (κ2) is 11.6. The van der Waals surface area contributed by atoms with Gasteiger partial charge in [0.15, 0.2) is 23.2 Å². The minimum Gasteiger partial charge on any atom is -0.455 e. The fraction of sp³-hybridized carbons (Fsp3) is 0. The van der Waals surface area contributed by atoms with Gasteiger partial charge in [0.05, 0.1) is 18.2 Å². The van der Waals surface area contributed by atoms with Crippen molar-refractivity contribution in [3.63, 3.8) is 0 Å². The van der Waals surface area contributed by atoms with Crippen LogP contribution in [-0.4, -0.2) is 15.0 Å². The van der Waals surface area contributed by atoms with Gasteiger partial charge in [0.1, 0.15) is 11.2 Å². The zero-order chi connectivity index (χ0) is 31.7. The van der Waals surface area contributed by atoms with Crippen molar-refractivity contribution in [2.45, 2.75) is 0 Å². The monoisotopic (exact) mass is 601 g/mol. The molecule has 8 rings (SSSR count). The lowest BCUT2D eigenvalue weighted by molar-refractivity contribution is 0.670. The molecule has 6 aromatic carbocycles. The van der Waals surface area contributed by atoms with Gasteiger partial charge in [-0.3, -0.25) is 0 Å². The molecule has 0 saturated carbocycles. The summed E-state index contributed by atoms with van der Waals surface area (Å²) < 4.78 is 6.64. The lowest BCUT2D eigenvalue weighted by Crippen LogP contribution is -2.00. The Bertz CT molecular complexity index is 2480. The zero-order valence-electron chi connectivity index (χ0n) is 24.9. The molecule has 0 N–H and O–H groups in total. The highest BCUT2D eigenvalue weighted by Gasteiger charge is 2.21. The van der Waals surface area contributed by atoms with E-state index in [2.05, 4.69) is 23.0 Å². The van der Waals surface area contributed by atoms with E-state index in [0.717, 1.165) is 49.7 Å². The van der Waals surface area contributed by atoms with E-state index in [9.17, 15) is 5.26 Å². The van der Waals surface area contributed by atoms with E-state index < -0.39 is 0 Å². The summed E-state index contributed by atoms with van der Waals surface area (Å²) in [7, 11) is 0. The first-order valence-electron chi connectivity index (χ1n) is 15.0. The van der Waals surface area contributed by atoms with Gasteiger partial charge >= 0.3 is 0 Å². The van der Waals surface area contributed by atoms with Crippen molar-refractivity contribution in [3.8, 4) is 62.5 Å². The fourth-order valence-electron chi connectivity index (χ4n) is 5.94. The van der Waals surface area contributed by atoms with Crippen LogP contribution in [0, 0.1) is 17.9 Å². The van der Waals surface area contributed by atoms with Gasteiger partial charge in [-0.1, -0.05) is 103 Å². The molecule has 0 amide bonds. The van der Waals surface area contributed by atoms with Crippen molar-refractivity contribution in [2.24, 2.45) is 0 Å². The van der Waals surface area contributed by atoms with Crippen LogP contribution in [0.1, 0.15) is 5.56 Å². The molecule has 2 heterocycles. The number of nitriles is 1. The maximum Gasteiger partial charge on any atom is 0.187 e. The Kier molecular flexibility index (Phi) is 6.80. The molecule has 0 atom stereocenters. The lowest BCUT2D eigenvalue weighted by Gasteiger charge is -2.10. The summed E-state index contributed by atoms with van der Waals surface area (Å²) in [5.41, 5.74) is 8.60. The molecule has 2 aromatic heterocycles. The first-order valence-corrected chi connectivity index (χ1v) is 15.0. The van der Waals surface area contributed by atoms with Crippen LogP contribution in [0.25, 0.3) is 83.2 Å². The molecule has 6 nitrogen and oxygen atoms in total. The molecular weight excluding hydrogens is 578 g/mol. The van der Waals surface area contributed by atoms with Gasteiger partial charge in [-0.15, -0.1) is 0 Å². The summed E-state index contributed by atoms with van der Waals surface area (Å²) in [5, 5.41) is 11.4. The maximum absolute atomic E-state index is 9.64. The van der Waals surface area contributed by atoms with Crippen LogP contribution in [-0.2, 0) is 0 Å². The molecule has 218 valence electrons. The Labute approximate surface area is 270 Å². The molecule has 0 radical (unpaired) electrons. The predicted octanol–water partition coefficient (Wildman–Crippen LogP) is 10.5. The standard InChI is InChI=1S/C41H23N5O/c1-43-32-18-9-17-30(22-32)34-23-31(29-16-8-11-26(21-29)25-42)24-35-37-33(19-10-20-36(37)47-38(34)35)41-45-39(27-12-4-2-5-13-27)44-40(46-41)28-14-6-3-7-15-28/h2-24H. The number of rotatable bonds is 5. The first-order chi connectivity index (χ1) is 23.2. The van der Waals surface area contributed by atoms with E-state index in [1.807, 2.05) is 115 Å². The molecule has 0 saturated heterocycles. The summed E-state index contributed by atoms with van der Waals surface area (Å²) in [4.78, 5) is 18.6. The van der Waals surface area contributed by atoms with Crippen LogP contribution in [0.5, 0.6) is 0 Å². The third-order valence-corrected chi connectivity index (χ3v) is 8.15. The Morgan fingerprint density at radius 1 is 0.553 bits per heavy atom. The molecule has 47 heavy (non-hydrogen) atoms. The summed E-state index contributed by atoms with van der Waals surface area (Å²) >= 11 is 0. The van der Waals surface area contributed by atoms with Crippen molar-refractivity contribution in [1.29, 1.82) is 5.26 Å². The van der Waals surface area contributed by atoms with E-state index in [0.29, 0.717) is 39.9 Å². The summed E-state index contributed by atoms with van der Waals surface area (Å²) in [5.74, 6) is 1.68. The SMILES string of the molecule is [C-]#[N+]c1cccc(-c2cc(-c3cccc(C#N)c3)cc3c2oc2cccc(-c4nc(-c5ccccc5)nc(-c5ccccc5)n4)c23)c1. The van der Waals surface area contributed by atoms with Gasteiger partial charge in [0, 0.05) is 33.0 Å². The maximum atomic E-state index is 9.64. The Morgan fingerprint density at radius 3 is 1.89 bits per heavy atom. The van der Waals surface area contributed by atoms with Gasteiger partial charge in [-0.2, -0.15) is 5.26 Å². The molecule has 0 aliphatic rings. The molecule has 8 aromatic rings. The van der Waals surface area contributed by atoms with Crippen LogP contribution in [0.4, 0.5) is 5.69 Å². The molecular formula is C41H23N5O. The van der Waals surface area contributed by atoms with Crippen molar-refractivity contribution in [3.05, 3.63) is 157 Å². The van der Waals surface area contributed by atoms with E-state index in [1.54, 1.807) is 12.1 Å². The Hall–Kier alpha value is -6.89. The summed E-state index contributed by atoms with van der Waals surface area (Å²) in [6.07, 6.45) is 0. The molecule has 6 heteroatoms. The molecule has 0 bridgehead atoms. The highest BCUT2D eigenvalue weighted by molar-refractivity contribution is 6.16. The predicted molar refractivity (Wildman–Crippen MR) is 185 cm³/mol. The number of aromatic nitrogens is 3. The Balaban J connectivity index is 1.44. The minimum absolute atomic E-state index is 0.527. The van der Waals surface area contributed by atoms with Crippen LogP contribution in [0.3, 0.4) is 0 Å². The zero-order valence-corrected chi connectivity index (χ0v) is 24.9. The number of benzene rings is 6. The number of hydrogen-bond acceptors (Lipinski definition) is 5. The third-order valence-electron chi connectivity index (χ3n) is 8.15. The second-order valence-corrected chi connectivity index (χ2v) is 11.1. The van der Waals surface area contributed by atoms with Crippen LogP contribution >= 0.6 is 0 Å². The normalized spacial score (nSPS) is 10.9. The van der Waals surface area contributed by atoms with Gasteiger partial charge in [-0.05, 0) is 53.1 Å². The summed E-state index contributed by atoms with van der Waals surface area (Å²) in [6, 6.07) is 47.2. The third kappa shape index (κ3) is 5.07. The number of nitrogens with zero attached hydrogens (tertiary/aromatic N) is 5. The van der Waals surface area contributed by atoms with Gasteiger partial charge < -0.3 is 4.42 Å². The average Bonchev–Trinajstić information content (AvgIpc) is 3.54. The largest absolute Gasteiger partial charge is 0.455 e.